The van der Waals surface area contributed by atoms with E-state index in [1.807, 2.05) is 0 Å². The zero-order valence-electron chi connectivity index (χ0n) is 14.2. The van der Waals surface area contributed by atoms with Gasteiger partial charge in [-0.25, -0.2) is 0 Å². The van der Waals surface area contributed by atoms with Gasteiger partial charge in [0.15, 0.2) is 0 Å². The van der Waals surface area contributed by atoms with Crippen LogP contribution < -0.4 is 4.74 Å². The first-order valence-electron chi connectivity index (χ1n) is 8.23. The van der Waals surface area contributed by atoms with Crippen LogP contribution in [0.5, 0.6) is 5.75 Å². The van der Waals surface area contributed by atoms with E-state index in [-0.39, 0.29) is 0 Å². The summed E-state index contributed by atoms with van der Waals surface area (Å²) in [5.41, 5.74) is 2.39. The number of aryl methyl sites for hydroxylation is 2. The lowest BCUT2D eigenvalue weighted by Crippen LogP contribution is -2.45. The maximum Gasteiger partial charge on any atom is 0.125 e. The maximum atomic E-state index is 5.99. The van der Waals surface area contributed by atoms with E-state index in [4.69, 9.17) is 9.47 Å². The number of morpholine rings is 1. The van der Waals surface area contributed by atoms with Crippen LogP contribution in [0.25, 0.3) is 0 Å². The van der Waals surface area contributed by atoms with Gasteiger partial charge in [-0.05, 0) is 70.3 Å². The van der Waals surface area contributed by atoms with Gasteiger partial charge in [0.25, 0.3) is 0 Å². The molecule has 124 valence electrons. The highest BCUT2D eigenvalue weighted by Gasteiger charge is 2.21. The number of ether oxygens (including phenoxy) is 2. The number of halogens is 1. The summed E-state index contributed by atoms with van der Waals surface area (Å²) >= 11 is 3.52. The third-order valence-corrected chi connectivity index (χ3v) is 4.49. The summed E-state index contributed by atoms with van der Waals surface area (Å²) < 4.78 is 12.9. The predicted octanol–water partition coefficient (Wildman–Crippen LogP) is 4.33. The van der Waals surface area contributed by atoms with Crippen molar-refractivity contribution in [1.29, 1.82) is 0 Å². The van der Waals surface area contributed by atoms with Crippen molar-refractivity contribution in [3.63, 3.8) is 0 Å². The largest absolute Gasteiger partial charge is 0.493 e. The molecule has 0 unspecified atom stereocenters. The summed E-state index contributed by atoms with van der Waals surface area (Å²) in [4.78, 5) is 2.51. The lowest BCUT2D eigenvalue weighted by molar-refractivity contribution is -0.0682. The number of benzene rings is 1. The Bertz CT molecular complexity index is 459. The highest BCUT2D eigenvalue weighted by atomic mass is 79.9. The molecule has 22 heavy (non-hydrogen) atoms. The van der Waals surface area contributed by atoms with E-state index in [0.29, 0.717) is 12.2 Å². The molecule has 0 amide bonds. The van der Waals surface area contributed by atoms with E-state index in [1.165, 1.54) is 17.5 Å². The van der Waals surface area contributed by atoms with Crippen LogP contribution in [0, 0.1) is 13.8 Å². The molecule has 4 heteroatoms. The molecule has 0 radical (unpaired) electrons. The van der Waals surface area contributed by atoms with Gasteiger partial charge >= 0.3 is 0 Å². The Morgan fingerprint density at radius 1 is 1.14 bits per heavy atom. The molecule has 0 bridgehead atoms. The molecule has 0 spiro atoms. The van der Waals surface area contributed by atoms with Crippen LogP contribution >= 0.6 is 15.9 Å². The monoisotopic (exact) mass is 369 g/mol. The summed E-state index contributed by atoms with van der Waals surface area (Å²) in [6.07, 6.45) is 2.98. The highest BCUT2D eigenvalue weighted by Crippen LogP contribution is 2.27. The first-order chi connectivity index (χ1) is 10.5. The van der Waals surface area contributed by atoms with Gasteiger partial charge in [-0.15, -0.1) is 0 Å². The third-order valence-electron chi connectivity index (χ3n) is 4.04. The molecule has 2 rings (SSSR count). The number of rotatable bonds is 6. The van der Waals surface area contributed by atoms with Crippen molar-refractivity contribution in [2.45, 2.75) is 52.7 Å². The molecule has 0 N–H and O–H groups in total. The summed E-state index contributed by atoms with van der Waals surface area (Å²) in [7, 11) is 0. The van der Waals surface area contributed by atoms with Crippen molar-refractivity contribution in [3.05, 3.63) is 27.7 Å². The van der Waals surface area contributed by atoms with Gasteiger partial charge in [0.05, 0.1) is 18.8 Å². The number of nitrogens with zero attached hydrogens (tertiary/aromatic N) is 1. The Morgan fingerprint density at radius 2 is 1.73 bits per heavy atom. The van der Waals surface area contributed by atoms with Crippen molar-refractivity contribution < 1.29 is 9.47 Å². The third kappa shape index (κ3) is 5.25. The second kappa shape index (κ2) is 8.32. The van der Waals surface area contributed by atoms with Gasteiger partial charge < -0.3 is 9.47 Å². The summed E-state index contributed by atoms with van der Waals surface area (Å²) in [5, 5.41) is 0. The molecule has 0 aliphatic carbocycles. The molecule has 1 aromatic rings. The van der Waals surface area contributed by atoms with Crippen molar-refractivity contribution in [2.24, 2.45) is 0 Å². The van der Waals surface area contributed by atoms with Gasteiger partial charge in [-0.1, -0.05) is 15.9 Å². The molecule has 1 aliphatic rings. The summed E-state index contributed by atoms with van der Waals surface area (Å²) in [5.74, 6) is 1.04. The van der Waals surface area contributed by atoms with Gasteiger partial charge in [0.1, 0.15) is 5.75 Å². The van der Waals surface area contributed by atoms with Crippen molar-refractivity contribution >= 4 is 15.9 Å². The fourth-order valence-electron chi connectivity index (χ4n) is 3.20. The fourth-order valence-corrected chi connectivity index (χ4v) is 3.89. The van der Waals surface area contributed by atoms with E-state index in [0.717, 1.165) is 42.9 Å². The smallest absolute Gasteiger partial charge is 0.125 e. The standard InChI is InChI=1S/C18H28BrNO2/c1-13-9-17(19)10-14(2)18(13)21-8-6-5-7-20-11-15(3)22-16(4)12-20/h9-10,15-16H,5-8,11-12H2,1-4H3/t15-,16-/m0/s1. The molecule has 2 atom stereocenters. The number of hydrogen-bond donors (Lipinski definition) is 0. The zero-order chi connectivity index (χ0) is 16.1. The summed E-state index contributed by atoms with van der Waals surface area (Å²) in [6.45, 7) is 12.5. The van der Waals surface area contributed by atoms with E-state index in [2.05, 4.69) is 60.7 Å². The van der Waals surface area contributed by atoms with E-state index >= 15 is 0 Å². The van der Waals surface area contributed by atoms with Crippen LogP contribution in [0.3, 0.4) is 0 Å². The average Bonchev–Trinajstić information content (AvgIpc) is 2.39. The van der Waals surface area contributed by atoms with Gasteiger partial charge in [-0.2, -0.15) is 0 Å². The molecular formula is C18H28BrNO2. The maximum absolute atomic E-state index is 5.99. The van der Waals surface area contributed by atoms with E-state index in [1.54, 1.807) is 0 Å². The molecule has 1 saturated heterocycles. The quantitative estimate of drug-likeness (QED) is 0.696. The van der Waals surface area contributed by atoms with Crippen molar-refractivity contribution in [3.8, 4) is 5.75 Å². The second-order valence-electron chi connectivity index (χ2n) is 6.44. The van der Waals surface area contributed by atoms with Gasteiger partial charge in [0.2, 0.25) is 0 Å². The van der Waals surface area contributed by atoms with Crippen LogP contribution in [0.15, 0.2) is 16.6 Å². The molecule has 3 nitrogen and oxygen atoms in total. The van der Waals surface area contributed by atoms with Crippen molar-refractivity contribution in [1.82, 2.24) is 4.90 Å². The van der Waals surface area contributed by atoms with E-state index in [9.17, 15) is 0 Å². The Balaban J connectivity index is 1.69. The Hall–Kier alpha value is -0.580. The van der Waals surface area contributed by atoms with E-state index < -0.39 is 0 Å². The molecule has 1 heterocycles. The van der Waals surface area contributed by atoms with Crippen LogP contribution in [-0.4, -0.2) is 43.3 Å². The molecule has 1 fully saturated rings. The Morgan fingerprint density at radius 3 is 2.32 bits per heavy atom. The number of unbranched alkanes of at least 4 members (excludes halogenated alkanes) is 1. The van der Waals surface area contributed by atoms with Crippen LogP contribution in [0.2, 0.25) is 0 Å². The Labute approximate surface area is 143 Å². The fraction of sp³-hybridized carbons (Fsp3) is 0.667. The molecule has 0 saturated carbocycles. The van der Waals surface area contributed by atoms with Crippen LogP contribution in [0.4, 0.5) is 0 Å². The Kier molecular flexibility index (Phi) is 6.72. The van der Waals surface area contributed by atoms with Crippen LogP contribution in [0.1, 0.15) is 37.8 Å². The predicted molar refractivity (Wildman–Crippen MR) is 94.8 cm³/mol. The molecule has 1 aliphatic heterocycles. The molecule has 0 aromatic heterocycles. The lowest BCUT2D eigenvalue weighted by atomic mass is 10.1. The summed E-state index contributed by atoms with van der Waals surface area (Å²) in [6, 6.07) is 4.22. The first-order valence-corrected chi connectivity index (χ1v) is 9.02. The minimum atomic E-state index is 0.355. The minimum Gasteiger partial charge on any atom is -0.493 e. The second-order valence-corrected chi connectivity index (χ2v) is 7.36. The molecule has 1 aromatic carbocycles. The van der Waals surface area contributed by atoms with Crippen molar-refractivity contribution in [2.75, 3.05) is 26.2 Å². The van der Waals surface area contributed by atoms with Gasteiger partial charge in [0, 0.05) is 17.6 Å². The topological polar surface area (TPSA) is 21.7 Å². The average molecular weight is 370 g/mol. The first kappa shape index (κ1) is 17.8. The number of hydrogen-bond acceptors (Lipinski definition) is 3. The van der Waals surface area contributed by atoms with Gasteiger partial charge in [-0.3, -0.25) is 4.90 Å². The lowest BCUT2D eigenvalue weighted by Gasteiger charge is -2.35. The SMILES string of the molecule is Cc1cc(Br)cc(C)c1OCCCCN1C[C@H](C)O[C@@H](C)C1. The highest BCUT2D eigenvalue weighted by molar-refractivity contribution is 9.10. The normalized spacial score (nSPS) is 22.8. The van der Waals surface area contributed by atoms with Crippen LogP contribution in [-0.2, 0) is 4.74 Å². The molecular weight excluding hydrogens is 342 g/mol. The zero-order valence-corrected chi connectivity index (χ0v) is 15.8. The minimum absolute atomic E-state index is 0.355.